The number of ether oxygens (including phenoxy) is 1. The molecule has 0 aliphatic rings. The second kappa shape index (κ2) is 9.20. The van der Waals surface area contributed by atoms with Crippen LogP contribution >= 0.6 is 0 Å². The van der Waals surface area contributed by atoms with Crippen LogP contribution in [0.2, 0.25) is 0 Å². The molecule has 0 fully saturated rings. The van der Waals surface area contributed by atoms with Crippen molar-refractivity contribution in [3.8, 4) is 17.1 Å². The van der Waals surface area contributed by atoms with Gasteiger partial charge in [-0.2, -0.15) is 13.2 Å². The fourth-order valence-electron chi connectivity index (χ4n) is 2.66. The van der Waals surface area contributed by atoms with E-state index >= 15 is 0 Å². The molecule has 0 radical (unpaired) electrons. The first kappa shape index (κ1) is 21.7. The highest BCUT2D eigenvalue weighted by Gasteiger charge is 2.38. The predicted octanol–water partition coefficient (Wildman–Crippen LogP) is 4.17. The van der Waals surface area contributed by atoms with Crippen LogP contribution in [0.1, 0.15) is 5.56 Å². The highest BCUT2D eigenvalue weighted by molar-refractivity contribution is 6.00. The molecular weight excluding hydrogens is 417 g/mol. The lowest BCUT2D eigenvalue weighted by molar-refractivity contribution is -0.173. The summed E-state index contributed by atoms with van der Waals surface area (Å²) in [7, 11) is 1.47. The molecule has 3 amide bonds. The number of carbonyl (C=O) groups is 2. The number of amides is 3. The Morgan fingerprint density at radius 2 is 1.84 bits per heavy atom. The van der Waals surface area contributed by atoms with Crippen molar-refractivity contribution < 1.29 is 31.9 Å². The summed E-state index contributed by atoms with van der Waals surface area (Å²) in [4.78, 5) is 27.1. The van der Waals surface area contributed by atoms with Gasteiger partial charge in [-0.25, -0.2) is 9.78 Å². The van der Waals surface area contributed by atoms with Gasteiger partial charge in [0.05, 0.1) is 18.9 Å². The van der Waals surface area contributed by atoms with Crippen LogP contribution in [-0.2, 0) is 11.3 Å². The Bertz CT molecular complexity index is 1070. The minimum absolute atomic E-state index is 0.335. The Morgan fingerprint density at radius 1 is 1.10 bits per heavy atom. The molecule has 162 valence electrons. The highest BCUT2D eigenvalue weighted by Crippen LogP contribution is 2.32. The average molecular weight is 434 g/mol. The Hall–Kier alpha value is -4.02. The van der Waals surface area contributed by atoms with Gasteiger partial charge in [0.15, 0.2) is 12.2 Å². The number of oxazole rings is 1. The van der Waals surface area contributed by atoms with E-state index in [0.29, 0.717) is 34.0 Å². The van der Waals surface area contributed by atoms with Crippen LogP contribution < -0.4 is 20.7 Å². The van der Waals surface area contributed by atoms with E-state index in [4.69, 9.17) is 9.15 Å². The number of benzene rings is 2. The molecule has 0 spiro atoms. The molecule has 3 rings (SSSR count). The molecule has 0 atom stereocenters. The number of nitrogens with one attached hydrogen (secondary N) is 3. The molecule has 1 aromatic heterocycles. The minimum Gasteiger partial charge on any atom is -0.496 e. The number of nitrogens with zero attached hydrogens (tertiary/aromatic N) is 1. The molecule has 0 aliphatic carbocycles. The first-order valence-electron chi connectivity index (χ1n) is 8.85. The van der Waals surface area contributed by atoms with Gasteiger partial charge in [-0.1, -0.05) is 12.1 Å². The van der Waals surface area contributed by atoms with Crippen molar-refractivity contribution in [1.29, 1.82) is 0 Å². The number of aromatic nitrogens is 1. The first-order chi connectivity index (χ1) is 14.8. The van der Waals surface area contributed by atoms with Gasteiger partial charge < -0.3 is 25.1 Å². The maximum Gasteiger partial charge on any atom is 0.471 e. The minimum atomic E-state index is -4.96. The van der Waals surface area contributed by atoms with Crippen LogP contribution in [0, 0.1) is 0 Å². The number of alkyl halides is 3. The van der Waals surface area contributed by atoms with Crippen LogP contribution in [-0.4, -0.2) is 30.2 Å². The van der Waals surface area contributed by atoms with Gasteiger partial charge in [0.25, 0.3) is 0 Å². The van der Waals surface area contributed by atoms with Crippen molar-refractivity contribution in [1.82, 2.24) is 10.3 Å². The first-order valence-corrected chi connectivity index (χ1v) is 8.85. The Kier molecular flexibility index (Phi) is 6.43. The monoisotopic (exact) mass is 434 g/mol. The lowest BCUT2D eigenvalue weighted by atomic mass is 10.1. The number of hydrogen-bond donors (Lipinski definition) is 3. The summed E-state index contributed by atoms with van der Waals surface area (Å²) in [6, 6.07) is 10.4. The highest BCUT2D eigenvalue weighted by atomic mass is 19.4. The standard InChI is InChI=1S/C20H17F3N4O4/c1-30-16-8-14(5-6-15(16)17-10-24-11-31-17)27-19(29)26-13-4-2-3-12(7-13)9-25-18(28)20(21,22)23/h2-8,10-11H,9H2,1H3,(H,25,28)(H2,26,27,29). The molecule has 0 saturated heterocycles. The predicted molar refractivity (Wildman–Crippen MR) is 105 cm³/mol. The zero-order valence-electron chi connectivity index (χ0n) is 16.1. The van der Waals surface area contributed by atoms with Crippen molar-refractivity contribution in [2.24, 2.45) is 0 Å². The molecule has 1 heterocycles. The van der Waals surface area contributed by atoms with E-state index in [9.17, 15) is 22.8 Å². The SMILES string of the molecule is COc1cc(NC(=O)Nc2cccc(CNC(=O)C(F)(F)F)c2)ccc1-c1cnco1. The third-order valence-corrected chi connectivity index (χ3v) is 4.05. The number of anilines is 2. The second-order valence-electron chi connectivity index (χ2n) is 6.24. The zero-order chi connectivity index (χ0) is 22.4. The molecule has 0 saturated carbocycles. The largest absolute Gasteiger partial charge is 0.496 e. The van der Waals surface area contributed by atoms with Crippen LogP contribution in [0.3, 0.4) is 0 Å². The summed E-state index contributed by atoms with van der Waals surface area (Å²) in [6.45, 7) is -0.338. The van der Waals surface area contributed by atoms with E-state index in [1.165, 1.54) is 31.8 Å². The van der Waals surface area contributed by atoms with E-state index in [2.05, 4.69) is 15.6 Å². The fourth-order valence-corrected chi connectivity index (χ4v) is 2.66. The summed E-state index contributed by atoms with van der Waals surface area (Å²) < 4.78 is 47.4. The maximum absolute atomic E-state index is 12.3. The molecule has 0 aliphatic heterocycles. The van der Waals surface area contributed by atoms with E-state index in [0.717, 1.165) is 0 Å². The Labute approximate surface area is 174 Å². The molecule has 8 nitrogen and oxygen atoms in total. The van der Waals surface area contributed by atoms with Gasteiger partial charge in [0.2, 0.25) is 0 Å². The molecule has 0 unspecified atom stereocenters. The maximum atomic E-state index is 12.3. The van der Waals surface area contributed by atoms with Crippen molar-refractivity contribution in [2.45, 2.75) is 12.7 Å². The smallest absolute Gasteiger partial charge is 0.471 e. The summed E-state index contributed by atoms with van der Waals surface area (Å²) in [5.41, 5.74) is 1.81. The van der Waals surface area contributed by atoms with Crippen LogP contribution in [0.5, 0.6) is 5.75 Å². The van der Waals surface area contributed by atoms with E-state index in [-0.39, 0.29) is 6.54 Å². The Balaban J connectivity index is 1.63. The molecule has 3 N–H and O–H groups in total. The summed E-state index contributed by atoms with van der Waals surface area (Å²) >= 11 is 0. The third kappa shape index (κ3) is 5.75. The number of carbonyl (C=O) groups excluding carboxylic acids is 2. The van der Waals surface area contributed by atoms with Crippen LogP contribution in [0.4, 0.5) is 29.3 Å². The second-order valence-corrected chi connectivity index (χ2v) is 6.24. The van der Waals surface area contributed by atoms with Crippen LogP contribution in [0.25, 0.3) is 11.3 Å². The summed E-state index contributed by atoms with van der Waals surface area (Å²) in [6.07, 6.45) is -2.14. The summed E-state index contributed by atoms with van der Waals surface area (Å²) in [5, 5.41) is 6.98. The van der Waals surface area contributed by atoms with E-state index in [1.807, 2.05) is 0 Å². The van der Waals surface area contributed by atoms with E-state index in [1.54, 1.807) is 35.6 Å². The molecule has 31 heavy (non-hydrogen) atoms. The van der Waals surface area contributed by atoms with Crippen molar-refractivity contribution in [2.75, 3.05) is 17.7 Å². The van der Waals surface area contributed by atoms with Gasteiger partial charge in [0.1, 0.15) is 5.75 Å². The van der Waals surface area contributed by atoms with Gasteiger partial charge in [-0.15, -0.1) is 0 Å². The fraction of sp³-hybridized carbons (Fsp3) is 0.150. The number of rotatable bonds is 6. The molecule has 3 aromatic rings. The normalized spacial score (nSPS) is 11.0. The molecular formula is C20H17F3N4O4. The van der Waals surface area contributed by atoms with Crippen LogP contribution in [0.15, 0.2) is 59.5 Å². The average Bonchev–Trinajstić information content (AvgIpc) is 3.26. The van der Waals surface area contributed by atoms with E-state index < -0.39 is 18.1 Å². The lowest BCUT2D eigenvalue weighted by Crippen LogP contribution is -2.36. The molecule has 0 bridgehead atoms. The quantitative estimate of drug-likeness (QED) is 0.540. The van der Waals surface area contributed by atoms with Gasteiger partial charge in [0, 0.05) is 24.0 Å². The van der Waals surface area contributed by atoms with Gasteiger partial charge in [-0.3, -0.25) is 4.79 Å². The van der Waals surface area contributed by atoms with Crippen molar-refractivity contribution >= 4 is 23.3 Å². The lowest BCUT2D eigenvalue weighted by Gasteiger charge is -2.12. The number of urea groups is 1. The van der Waals surface area contributed by atoms with Crippen molar-refractivity contribution in [3.05, 3.63) is 60.6 Å². The Morgan fingerprint density at radius 3 is 2.48 bits per heavy atom. The zero-order valence-corrected chi connectivity index (χ0v) is 16.1. The third-order valence-electron chi connectivity index (χ3n) is 4.05. The number of hydrogen-bond acceptors (Lipinski definition) is 5. The van der Waals surface area contributed by atoms with Gasteiger partial charge >= 0.3 is 18.1 Å². The van der Waals surface area contributed by atoms with Gasteiger partial charge in [-0.05, 0) is 29.8 Å². The van der Waals surface area contributed by atoms with Crippen molar-refractivity contribution in [3.63, 3.8) is 0 Å². The molecule has 11 heteroatoms. The summed E-state index contributed by atoms with van der Waals surface area (Å²) in [5.74, 6) is -1.08. The number of halogens is 3. The molecule has 2 aromatic carbocycles. The topological polar surface area (TPSA) is 105 Å². The number of methoxy groups -OCH3 is 1.